The lowest BCUT2D eigenvalue weighted by atomic mass is 10.1. The summed E-state index contributed by atoms with van der Waals surface area (Å²) in [7, 11) is 0. The molecule has 1 aliphatic carbocycles. The van der Waals surface area contributed by atoms with Crippen LogP contribution in [-0.4, -0.2) is 40.7 Å². The standard InChI is InChI=1S/C32H39N3O2/c1-3-34(4-2)21-10-22-36-29-19-20-30-31(23-29)35(27-13-8-9-14-27)32(33-30)26-15-17-28(18-16-26)37-24-25-11-6-5-7-12-25/h5-7,11-12,15-20,23,27H,3-4,8-10,13-14,21-22,24H2,1-2H3. The van der Waals surface area contributed by atoms with Crippen LogP contribution in [0.3, 0.4) is 0 Å². The van der Waals surface area contributed by atoms with E-state index >= 15 is 0 Å². The lowest BCUT2D eigenvalue weighted by molar-refractivity contribution is 0.249. The van der Waals surface area contributed by atoms with Gasteiger partial charge >= 0.3 is 0 Å². The molecule has 0 bridgehead atoms. The largest absolute Gasteiger partial charge is 0.493 e. The van der Waals surface area contributed by atoms with Gasteiger partial charge in [0.1, 0.15) is 23.9 Å². The molecule has 3 aromatic carbocycles. The monoisotopic (exact) mass is 497 g/mol. The highest BCUT2D eigenvalue weighted by Gasteiger charge is 2.24. The Bertz CT molecular complexity index is 1260. The van der Waals surface area contributed by atoms with Crippen molar-refractivity contribution in [2.45, 2.75) is 58.6 Å². The second kappa shape index (κ2) is 12.3. The molecule has 0 amide bonds. The van der Waals surface area contributed by atoms with Crippen molar-refractivity contribution in [2.24, 2.45) is 0 Å². The van der Waals surface area contributed by atoms with Crippen LogP contribution in [-0.2, 0) is 6.61 Å². The number of benzene rings is 3. The summed E-state index contributed by atoms with van der Waals surface area (Å²) in [6.45, 7) is 8.98. The van der Waals surface area contributed by atoms with Gasteiger partial charge in [-0.15, -0.1) is 0 Å². The van der Waals surface area contributed by atoms with Gasteiger partial charge in [-0.05, 0) is 74.3 Å². The smallest absolute Gasteiger partial charge is 0.141 e. The van der Waals surface area contributed by atoms with E-state index in [1.165, 1.54) is 36.8 Å². The molecule has 1 aromatic heterocycles. The second-order valence-electron chi connectivity index (χ2n) is 9.92. The molecular weight excluding hydrogens is 458 g/mol. The fourth-order valence-corrected chi connectivity index (χ4v) is 5.36. The Balaban J connectivity index is 1.35. The summed E-state index contributed by atoms with van der Waals surface area (Å²) in [5.74, 6) is 2.84. The van der Waals surface area contributed by atoms with Crippen LogP contribution in [0.4, 0.5) is 0 Å². The summed E-state index contributed by atoms with van der Waals surface area (Å²) >= 11 is 0. The zero-order valence-electron chi connectivity index (χ0n) is 22.2. The number of hydrogen-bond acceptors (Lipinski definition) is 4. The molecule has 0 atom stereocenters. The minimum Gasteiger partial charge on any atom is -0.493 e. The van der Waals surface area contributed by atoms with Gasteiger partial charge in [0.05, 0.1) is 17.6 Å². The van der Waals surface area contributed by atoms with Crippen LogP contribution in [0.2, 0.25) is 0 Å². The van der Waals surface area contributed by atoms with Crippen molar-refractivity contribution in [3.05, 3.63) is 78.4 Å². The summed E-state index contributed by atoms with van der Waals surface area (Å²) in [4.78, 5) is 7.53. The molecule has 1 saturated carbocycles. The van der Waals surface area contributed by atoms with E-state index in [2.05, 4.69) is 77.9 Å². The third kappa shape index (κ3) is 6.16. The number of hydrogen-bond donors (Lipinski definition) is 0. The fraction of sp³-hybridized carbons (Fsp3) is 0.406. The van der Waals surface area contributed by atoms with Gasteiger partial charge in [-0.2, -0.15) is 0 Å². The van der Waals surface area contributed by atoms with Gasteiger partial charge in [0, 0.05) is 24.2 Å². The van der Waals surface area contributed by atoms with Crippen LogP contribution in [0, 0.1) is 0 Å². The molecule has 0 unspecified atom stereocenters. The molecule has 5 nitrogen and oxygen atoms in total. The highest BCUT2D eigenvalue weighted by atomic mass is 16.5. The van der Waals surface area contributed by atoms with Crippen molar-refractivity contribution < 1.29 is 9.47 Å². The number of aromatic nitrogens is 2. The van der Waals surface area contributed by atoms with Crippen molar-refractivity contribution in [1.29, 1.82) is 0 Å². The van der Waals surface area contributed by atoms with Crippen LogP contribution in [0.15, 0.2) is 72.8 Å². The SMILES string of the molecule is CCN(CC)CCCOc1ccc2nc(-c3ccc(OCc4ccccc4)cc3)n(C3CCCC3)c2c1. The Hall–Kier alpha value is -3.31. The van der Waals surface area contributed by atoms with Crippen LogP contribution in [0.5, 0.6) is 11.5 Å². The van der Waals surface area contributed by atoms with Crippen molar-refractivity contribution in [2.75, 3.05) is 26.2 Å². The lowest BCUT2D eigenvalue weighted by Gasteiger charge is -2.18. The lowest BCUT2D eigenvalue weighted by Crippen LogP contribution is -2.25. The molecule has 1 fully saturated rings. The van der Waals surface area contributed by atoms with E-state index in [1.807, 2.05) is 18.2 Å². The average molecular weight is 498 g/mol. The fourth-order valence-electron chi connectivity index (χ4n) is 5.36. The second-order valence-corrected chi connectivity index (χ2v) is 9.92. The number of imidazole rings is 1. The molecule has 1 heterocycles. The van der Waals surface area contributed by atoms with Gasteiger partial charge in [0.15, 0.2) is 0 Å². The topological polar surface area (TPSA) is 39.5 Å². The molecular formula is C32H39N3O2. The zero-order valence-corrected chi connectivity index (χ0v) is 22.2. The Labute approximate surface area is 221 Å². The van der Waals surface area contributed by atoms with Crippen molar-refractivity contribution in [3.63, 3.8) is 0 Å². The Morgan fingerprint density at radius 3 is 2.32 bits per heavy atom. The predicted molar refractivity (Wildman–Crippen MR) is 151 cm³/mol. The summed E-state index contributed by atoms with van der Waals surface area (Å²) in [5.41, 5.74) is 4.49. The van der Waals surface area contributed by atoms with Crippen molar-refractivity contribution in [3.8, 4) is 22.9 Å². The molecule has 0 spiro atoms. The minimum absolute atomic E-state index is 0.479. The summed E-state index contributed by atoms with van der Waals surface area (Å²) in [6, 6.07) is 25.5. The molecule has 194 valence electrons. The quantitative estimate of drug-likeness (QED) is 0.190. The maximum Gasteiger partial charge on any atom is 0.141 e. The Morgan fingerprint density at radius 1 is 0.865 bits per heavy atom. The van der Waals surface area contributed by atoms with Gasteiger partial charge in [-0.3, -0.25) is 0 Å². The van der Waals surface area contributed by atoms with Crippen LogP contribution in [0.1, 0.15) is 57.6 Å². The van der Waals surface area contributed by atoms with E-state index in [9.17, 15) is 0 Å². The van der Waals surface area contributed by atoms with E-state index in [-0.39, 0.29) is 0 Å². The first-order valence-electron chi connectivity index (χ1n) is 13.9. The number of rotatable bonds is 12. The normalized spacial score (nSPS) is 14.0. The maximum absolute atomic E-state index is 6.18. The summed E-state index contributed by atoms with van der Waals surface area (Å²) in [5, 5.41) is 0. The maximum atomic E-state index is 6.18. The first-order valence-corrected chi connectivity index (χ1v) is 13.9. The van der Waals surface area contributed by atoms with Crippen LogP contribution < -0.4 is 9.47 Å². The Kier molecular flexibility index (Phi) is 8.42. The van der Waals surface area contributed by atoms with E-state index in [4.69, 9.17) is 14.5 Å². The molecule has 0 aliphatic heterocycles. The molecule has 5 heteroatoms. The molecule has 0 saturated heterocycles. The van der Waals surface area contributed by atoms with Crippen molar-refractivity contribution >= 4 is 11.0 Å². The van der Waals surface area contributed by atoms with Gasteiger partial charge < -0.3 is 18.9 Å². The highest BCUT2D eigenvalue weighted by Crippen LogP contribution is 2.38. The molecule has 0 radical (unpaired) electrons. The first kappa shape index (κ1) is 25.3. The van der Waals surface area contributed by atoms with E-state index < -0.39 is 0 Å². The van der Waals surface area contributed by atoms with Gasteiger partial charge in [0.25, 0.3) is 0 Å². The van der Waals surface area contributed by atoms with E-state index in [0.29, 0.717) is 12.6 Å². The highest BCUT2D eigenvalue weighted by molar-refractivity contribution is 5.82. The Morgan fingerprint density at radius 2 is 1.59 bits per heavy atom. The first-order chi connectivity index (χ1) is 18.2. The predicted octanol–water partition coefficient (Wildman–Crippen LogP) is 7.51. The van der Waals surface area contributed by atoms with Crippen molar-refractivity contribution in [1.82, 2.24) is 14.5 Å². The summed E-state index contributed by atoms with van der Waals surface area (Å²) in [6.07, 6.45) is 5.98. The molecule has 37 heavy (non-hydrogen) atoms. The third-order valence-corrected chi connectivity index (χ3v) is 7.49. The molecule has 5 rings (SSSR count). The number of nitrogens with zero attached hydrogens (tertiary/aromatic N) is 3. The number of ether oxygens (including phenoxy) is 2. The van der Waals surface area contributed by atoms with Crippen LogP contribution >= 0.6 is 0 Å². The van der Waals surface area contributed by atoms with Gasteiger partial charge in [0.2, 0.25) is 0 Å². The van der Waals surface area contributed by atoms with E-state index in [1.54, 1.807) is 0 Å². The molecule has 0 N–H and O–H groups in total. The average Bonchev–Trinajstić information content (AvgIpc) is 3.61. The number of fused-ring (bicyclic) bond motifs is 1. The third-order valence-electron chi connectivity index (χ3n) is 7.49. The minimum atomic E-state index is 0.479. The van der Waals surface area contributed by atoms with Gasteiger partial charge in [-0.25, -0.2) is 4.98 Å². The van der Waals surface area contributed by atoms with Crippen LogP contribution in [0.25, 0.3) is 22.4 Å². The summed E-state index contributed by atoms with van der Waals surface area (Å²) < 4.78 is 14.7. The zero-order chi connectivity index (χ0) is 25.5. The van der Waals surface area contributed by atoms with Gasteiger partial charge in [-0.1, -0.05) is 57.0 Å². The molecule has 4 aromatic rings. The van der Waals surface area contributed by atoms with E-state index in [0.717, 1.165) is 61.1 Å². The molecule has 1 aliphatic rings.